The summed E-state index contributed by atoms with van der Waals surface area (Å²) in [4.78, 5) is 0. The largest absolute Gasteiger partial charge is 0.324 e. The fraction of sp³-hybridized carbons (Fsp3) is 0.400. The third-order valence-electron chi connectivity index (χ3n) is 2.62. The summed E-state index contributed by atoms with van der Waals surface area (Å²) in [6.07, 6.45) is 2.51. The van der Waals surface area contributed by atoms with Crippen LogP contribution in [0, 0.1) is 5.82 Å². The fourth-order valence-electron chi connectivity index (χ4n) is 1.95. The fourth-order valence-corrected chi connectivity index (χ4v) is 2.41. The standard InChI is InChI=1S/C10H10Cl2FN/c11-6-4-7(13)9-5(10(6)12)2-1-3-8(9)14/h4,8H,1-3,14H2/t8-/m1/s1. The van der Waals surface area contributed by atoms with Gasteiger partial charge in [0.2, 0.25) is 0 Å². The second-order valence-corrected chi connectivity index (χ2v) is 4.33. The minimum Gasteiger partial charge on any atom is -0.324 e. The van der Waals surface area contributed by atoms with Crippen LogP contribution in [0.5, 0.6) is 0 Å². The first-order chi connectivity index (χ1) is 6.61. The third kappa shape index (κ3) is 1.52. The van der Waals surface area contributed by atoms with E-state index in [0.717, 1.165) is 24.8 Å². The lowest BCUT2D eigenvalue weighted by molar-refractivity contribution is 0.519. The van der Waals surface area contributed by atoms with Crippen molar-refractivity contribution in [2.24, 2.45) is 5.73 Å². The zero-order valence-electron chi connectivity index (χ0n) is 7.49. The number of hydrogen-bond acceptors (Lipinski definition) is 1. The monoisotopic (exact) mass is 233 g/mol. The van der Waals surface area contributed by atoms with Crippen LogP contribution >= 0.6 is 23.2 Å². The van der Waals surface area contributed by atoms with Gasteiger partial charge >= 0.3 is 0 Å². The lowest BCUT2D eigenvalue weighted by Gasteiger charge is -2.24. The van der Waals surface area contributed by atoms with Crippen LogP contribution in [0.15, 0.2) is 6.07 Å². The molecular formula is C10H10Cl2FN. The maximum absolute atomic E-state index is 13.5. The van der Waals surface area contributed by atoms with E-state index in [4.69, 9.17) is 28.9 Å². The van der Waals surface area contributed by atoms with Gasteiger partial charge in [-0.3, -0.25) is 0 Å². The van der Waals surface area contributed by atoms with Crippen LogP contribution in [0.4, 0.5) is 4.39 Å². The summed E-state index contributed by atoms with van der Waals surface area (Å²) in [7, 11) is 0. The minimum atomic E-state index is -0.332. The summed E-state index contributed by atoms with van der Waals surface area (Å²) in [6.45, 7) is 0. The molecule has 1 aromatic carbocycles. The quantitative estimate of drug-likeness (QED) is 0.683. The van der Waals surface area contributed by atoms with Crippen LogP contribution < -0.4 is 5.73 Å². The van der Waals surface area contributed by atoms with E-state index in [1.165, 1.54) is 6.07 Å². The molecule has 0 radical (unpaired) electrons. The van der Waals surface area contributed by atoms with Crippen LogP contribution in [0.2, 0.25) is 10.0 Å². The zero-order valence-corrected chi connectivity index (χ0v) is 9.00. The Balaban J connectivity index is 2.66. The molecule has 0 fully saturated rings. The molecule has 1 aromatic rings. The van der Waals surface area contributed by atoms with Gasteiger partial charge in [0.25, 0.3) is 0 Å². The molecule has 0 bridgehead atoms. The highest BCUT2D eigenvalue weighted by molar-refractivity contribution is 6.42. The second kappa shape index (κ2) is 3.69. The van der Waals surface area contributed by atoms with Crippen molar-refractivity contribution in [2.45, 2.75) is 25.3 Å². The van der Waals surface area contributed by atoms with E-state index in [9.17, 15) is 4.39 Å². The molecule has 76 valence electrons. The van der Waals surface area contributed by atoms with E-state index in [1.54, 1.807) is 0 Å². The van der Waals surface area contributed by atoms with Crippen molar-refractivity contribution >= 4 is 23.2 Å². The lowest BCUT2D eigenvalue weighted by Crippen LogP contribution is -2.19. The topological polar surface area (TPSA) is 26.0 Å². The van der Waals surface area contributed by atoms with Crippen LogP contribution in [0.1, 0.15) is 30.0 Å². The predicted octanol–water partition coefficient (Wildman–Crippen LogP) is 3.47. The number of rotatable bonds is 0. The Labute approximate surface area is 92.0 Å². The second-order valence-electron chi connectivity index (χ2n) is 3.55. The van der Waals surface area contributed by atoms with E-state index in [1.807, 2.05) is 0 Å². The zero-order chi connectivity index (χ0) is 10.3. The molecule has 0 heterocycles. The highest BCUT2D eigenvalue weighted by Crippen LogP contribution is 2.38. The number of halogens is 3. The first kappa shape index (κ1) is 10.2. The van der Waals surface area contributed by atoms with Crippen LogP contribution in [-0.2, 0) is 6.42 Å². The summed E-state index contributed by atoms with van der Waals surface area (Å²) < 4.78 is 13.5. The van der Waals surface area contributed by atoms with Gasteiger partial charge < -0.3 is 5.73 Å². The Bertz CT molecular complexity index is 379. The molecule has 0 saturated carbocycles. The molecule has 0 spiro atoms. The van der Waals surface area contributed by atoms with Gasteiger partial charge in [0.1, 0.15) is 5.82 Å². The van der Waals surface area contributed by atoms with E-state index in [0.29, 0.717) is 10.6 Å². The average molecular weight is 234 g/mol. The van der Waals surface area contributed by atoms with E-state index < -0.39 is 0 Å². The highest BCUT2D eigenvalue weighted by Gasteiger charge is 2.24. The van der Waals surface area contributed by atoms with Gasteiger partial charge in [0, 0.05) is 11.6 Å². The maximum atomic E-state index is 13.5. The molecule has 2 N–H and O–H groups in total. The van der Waals surface area contributed by atoms with Gasteiger partial charge in [-0.25, -0.2) is 4.39 Å². The molecule has 14 heavy (non-hydrogen) atoms. The first-order valence-corrected chi connectivity index (χ1v) is 5.28. The Morgan fingerprint density at radius 3 is 2.86 bits per heavy atom. The van der Waals surface area contributed by atoms with Crippen molar-refractivity contribution in [2.75, 3.05) is 0 Å². The molecule has 1 nitrogen and oxygen atoms in total. The molecule has 0 unspecified atom stereocenters. The maximum Gasteiger partial charge on any atom is 0.129 e. The number of fused-ring (bicyclic) bond motifs is 1. The molecule has 0 aromatic heterocycles. The van der Waals surface area contributed by atoms with Crippen LogP contribution in [0.25, 0.3) is 0 Å². The number of benzene rings is 1. The van der Waals surface area contributed by atoms with Crippen molar-refractivity contribution in [3.8, 4) is 0 Å². The Kier molecular flexibility index (Phi) is 2.69. The predicted molar refractivity (Wildman–Crippen MR) is 56.3 cm³/mol. The Morgan fingerprint density at radius 1 is 1.43 bits per heavy atom. The molecule has 0 saturated heterocycles. The van der Waals surface area contributed by atoms with Gasteiger partial charge in [-0.2, -0.15) is 0 Å². The van der Waals surface area contributed by atoms with Gasteiger partial charge in [-0.05, 0) is 30.9 Å². The normalized spacial score (nSPS) is 20.7. The molecule has 4 heteroatoms. The number of hydrogen-bond donors (Lipinski definition) is 1. The summed E-state index contributed by atoms with van der Waals surface area (Å²) >= 11 is 11.8. The highest BCUT2D eigenvalue weighted by atomic mass is 35.5. The summed E-state index contributed by atoms with van der Waals surface area (Å²) in [5, 5.41) is 0.732. The molecule has 1 aliphatic carbocycles. The van der Waals surface area contributed by atoms with Crippen molar-refractivity contribution < 1.29 is 4.39 Å². The first-order valence-electron chi connectivity index (χ1n) is 4.53. The van der Waals surface area contributed by atoms with Crippen molar-refractivity contribution in [3.05, 3.63) is 33.1 Å². The van der Waals surface area contributed by atoms with Gasteiger partial charge in [0.15, 0.2) is 0 Å². The SMILES string of the molecule is N[C@@H]1CCCc2c(Cl)c(Cl)cc(F)c21. The van der Waals surface area contributed by atoms with Gasteiger partial charge in [-0.1, -0.05) is 23.2 Å². The third-order valence-corrected chi connectivity index (χ3v) is 3.45. The molecule has 1 atom stereocenters. The van der Waals surface area contributed by atoms with E-state index in [-0.39, 0.29) is 16.9 Å². The van der Waals surface area contributed by atoms with E-state index in [2.05, 4.69) is 0 Å². The minimum absolute atomic E-state index is 0.242. The summed E-state index contributed by atoms with van der Waals surface area (Å²) in [6, 6.07) is 1.00. The Morgan fingerprint density at radius 2 is 2.14 bits per heavy atom. The molecule has 2 rings (SSSR count). The van der Waals surface area contributed by atoms with Gasteiger partial charge in [-0.15, -0.1) is 0 Å². The van der Waals surface area contributed by atoms with Crippen molar-refractivity contribution in [1.82, 2.24) is 0 Å². The smallest absolute Gasteiger partial charge is 0.129 e. The molecule has 0 amide bonds. The summed E-state index contributed by atoms with van der Waals surface area (Å²) in [5.41, 5.74) is 7.16. The molecule has 1 aliphatic rings. The Hall–Kier alpha value is -0.310. The molecule has 0 aliphatic heterocycles. The van der Waals surface area contributed by atoms with Crippen LogP contribution in [-0.4, -0.2) is 0 Å². The van der Waals surface area contributed by atoms with Crippen molar-refractivity contribution in [3.63, 3.8) is 0 Å². The average Bonchev–Trinajstić information content (AvgIpc) is 2.14. The van der Waals surface area contributed by atoms with E-state index >= 15 is 0 Å². The van der Waals surface area contributed by atoms with Gasteiger partial charge in [0.05, 0.1) is 10.0 Å². The number of nitrogens with two attached hydrogens (primary N) is 1. The summed E-state index contributed by atoms with van der Waals surface area (Å²) in [5.74, 6) is -0.332. The van der Waals surface area contributed by atoms with Crippen molar-refractivity contribution in [1.29, 1.82) is 0 Å². The molecular weight excluding hydrogens is 224 g/mol. The van der Waals surface area contributed by atoms with Crippen LogP contribution in [0.3, 0.4) is 0 Å². The lowest BCUT2D eigenvalue weighted by atomic mass is 9.88.